The molecule has 1 aliphatic heterocycles. The Labute approximate surface area is 108 Å². The Morgan fingerprint density at radius 1 is 0.722 bits per heavy atom. The third-order valence-electron chi connectivity index (χ3n) is 2.54. The van der Waals surface area contributed by atoms with Crippen LogP contribution in [0.1, 0.15) is 38.5 Å². The quantitative estimate of drug-likeness (QED) is 0.491. The molecule has 0 atom stereocenters. The molecule has 100 valence electrons. The summed E-state index contributed by atoms with van der Waals surface area (Å²) in [6.45, 7) is 0.790. The summed E-state index contributed by atoms with van der Waals surface area (Å²) in [6, 6.07) is 0. The summed E-state index contributed by atoms with van der Waals surface area (Å²) in [5.74, 6) is -0.982. The predicted molar refractivity (Wildman–Crippen MR) is 67.9 cm³/mol. The van der Waals surface area contributed by atoms with Crippen LogP contribution < -0.4 is 0 Å². The Morgan fingerprint density at radius 2 is 1.17 bits per heavy atom. The number of carbonyl (C=O) groups excluding carboxylic acids is 2. The van der Waals surface area contributed by atoms with Crippen LogP contribution in [0, 0.1) is 0 Å². The first-order valence-electron chi connectivity index (χ1n) is 6.45. The van der Waals surface area contributed by atoms with Crippen LogP contribution in [0.5, 0.6) is 0 Å². The molecule has 4 nitrogen and oxygen atoms in total. The van der Waals surface area contributed by atoms with Crippen LogP contribution in [-0.2, 0) is 19.1 Å². The third kappa shape index (κ3) is 7.65. The van der Waals surface area contributed by atoms with Gasteiger partial charge in [-0.05, 0) is 38.5 Å². The fraction of sp³-hybridized carbons (Fsp3) is 0.571. The number of carbonyl (C=O) groups is 2. The van der Waals surface area contributed by atoms with Crippen molar-refractivity contribution in [3.8, 4) is 0 Å². The number of hydrogen-bond donors (Lipinski definition) is 0. The highest BCUT2D eigenvalue weighted by Crippen LogP contribution is 2.02. The van der Waals surface area contributed by atoms with Crippen LogP contribution in [0.3, 0.4) is 0 Å². The van der Waals surface area contributed by atoms with Gasteiger partial charge in [-0.3, -0.25) is 0 Å². The normalized spacial score (nSPS) is 23.8. The Bertz CT molecular complexity index is 288. The lowest BCUT2D eigenvalue weighted by Gasteiger charge is -2.03. The summed E-state index contributed by atoms with van der Waals surface area (Å²) in [7, 11) is 0. The minimum absolute atomic E-state index is 0.395. The summed E-state index contributed by atoms with van der Waals surface area (Å²) in [5, 5.41) is 0. The first-order valence-corrected chi connectivity index (χ1v) is 6.45. The molecule has 0 radical (unpaired) electrons. The number of hydrogen-bond acceptors (Lipinski definition) is 4. The van der Waals surface area contributed by atoms with Crippen molar-refractivity contribution in [2.45, 2.75) is 38.5 Å². The highest BCUT2D eigenvalue weighted by molar-refractivity contribution is 5.91. The highest BCUT2D eigenvalue weighted by atomic mass is 16.5. The molecule has 0 fully saturated rings. The van der Waals surface area contributed by atoms with Crippen LogP contribution in [0.2, 0.25) is 0 Å². The molecule has 0 saturated carbocycles. The molecular weight excluding hydrogens is 232 g/mol. The molecule has 0 aromatic heterocycles. The van der Waals surface area contributed by atoms with Gasteiger partial charge in [0.25, 0.3) is 0 Å². The Morgan fingerprint density at radius 3 is 1.61 bits per heavy atom. The van der Waals surface area contributed by atoms with Crippen molar-refractivity contribution in [3.63, 3.8) is 0 Å². The molecule has 0 spiro atoms. The molecule has 0 aromatic rings. The van der Waals surface area contributed by atoms with Crippen LogP contribution in [0.4, 0.5) is 0 Å². The predicted octanol–water partition coefficient (Wildman–Crippen LogP) is 2.54. The van der Waals surface area contributed by atoms with E-state index >= 15 is 0 Å². The average molecular weight is 252 g/mol. The van der Waals surface area contributed by atoms with Gasteiger partial charge < -0.3 is 9.47 Å². The van der Waals surface area contributed by atoms with Crippen LogP contribution in [0.15, 0.2) is 24.3 Å². The maximum atomic E-state index is 11.2. The molecule has 0 bridgehead atoms. The summed E-state index contributed by atoms with van der Waals surface area (Å²) in [6.07, 6.45) is 12.3. The molecule has 0 saturated heterocycles. The number of allylic oxidation sites excluding steroid dienone is 2. The second-order valence-corrected chi connectivity index (χ2v) is 4.13. The maximum Gasteiger partial charge on any atom is 0.331 e. The lowest BCUT2D eigenvalue weighted by Crippen LogP contribution is -2.06. The van der Waals surface area contributed by atoms with Crippen molar-refractivity contribution in [3.05, 3.63) is 24.3 Å². The van der Waals surface area contributed by atoms with Crippen LogP contribution in [-0.4, -0.2) is 25.2 Å². The average Bonchev–Trinajstić information content (AvgIpc) is 2.36. The number of cyclic esters (lactones) is 2. The van der Waals surface area contributed by atoms with Crippen molar-refractivity contribution < 1.29 is 19.1 Å². The third-order valence-corrected chi connectivity index (χ3v) is 2.54. The van der Waals surface area contributed by atoms with E-state index in [2.05, 4.69) is 12.2 Å². The first-order chi connectivity index (χ1) is 8.79. The van der Waals surface area contributed by atoms with Gasteiger partial charge in [0, 0.05) is 12.2 Å². The smallest absolute Gasteiger partial charge is 0.331 e. The number of ether oxygens (including phenoxy) is 2. The van der Waals surface area contributed by atoms with Crippen molar-refractivity contribution >= 4 is 11.9 Å². The van der Waals surface area contributed by atoms with Gasteiger partial charge in [0.2, 0.25) is 0 Å². The van der Waals surface area contributed by atoms with Gasteiger partial charge in [0.15, 0.2) is 0 Å². The summed E-state index contributed by atoms with van der Waals surface area (Å²) in [4.78, 5) is 22.4. The van der Waals surface area contributed by atoms with Crippen molar-refractivity contribution in [2.24, 2.45) is 0 Å². The second kappa shape index (κ2) is 9.45. The first kappa shape index (κ1) is 14.5. The molecular formula is C14H20O4. The van der Waals surface area contributed by atoms with E-state index < -0.39 is 11.9 Å². The molecule has 0 aliphatic carbocycles. The topological polar surface area (TPSA) is 52.6 Å². The summed E-state index contributed by atoms with van der Waals surface area (Å²) in [5.41, 5.74) is 0. The summed E-state index contributed by atoms with van der Waals surface area (Å²) >= 11 is 0. The zero-order valence-corrected chi connectivity index (χ0v) is 10.6. The lowest BCUT2D eigenvalue weighted by atomic mass is 10.2. The van der Waals surface area contributed by atoms with Gasteiger partial charge in [-0.1, -0.05) is 12.2 Å². The number of rotatable bonds is 0. The Hall–Kier alpha value is -1.58. The minimum Gasteiger partial charge on any atom is -0.463 e. The SMILES string of the molecule is O=C1/C=C\C(=O)OCCCC/C=C/CCCCO1. The van der Waals surface area contributed by atoms with E-state index in [9.17, 15) is 9.59 Å². The molecule has 0 unspecified atom stereocenters. The Kier molecular flexibility index (Phi) is 7.60. The van der Waals surface area contributed by atoms with Gasteiger partial charge in [0.05, 0.1) is 13.2 Å². The van der Waals surface area contributed by atoms with E-state index in [0.717, 1.165) is 50.7 Å². The molecule has 0 amide bonds. The molecule has 18 heavy (non-hydrogen) atoms. The lowest BCUT2D eigenvalue weighted by molar-refractivity contribution is -0.140. The molecule has 1 heterocycles. The van der Waals surface area contributed by atoms with Gasteiger partial charge in [-0.2, -0.15) is 0 Å². The van der Waals surface area contributed by atoms with Gasteiger partial charge in [0.1, 0.15) is 0 Å². The zero-order valence-electron chi connectivity index (χ0n) is 10.6. The molecule has 1 rings (SSSR count). The largest absolute Gasteiger partial charge is 0.463 e. The zero-order chi connectivity index (χ0) is 13.1. The molecule has 1 aliphatic rings. The fourth-order valence-corrected chi connectivity index (χ4v) is 1.54. The molecule has 4 heteroatoms. The van der Waals surface area contributed by atoms with E-state index in [1.165, 1.54) is 0 Å². The van der Waals surface area contributed by atoms with Gasteiger partial charge in [-0.15, -0.1) is 0 Å². The van der Waals surface area contributed by atoms with Crippen molar-refractivity contribution in [2.75, 3.05) is 13.2 Å². The second-order valence-electron chi connectivity index (χ2n) is 4.13. The Balaban J connectivity index is 2.38. The van der Waals surface area contributed by atoms with Gasteiger partial charge >= 0.3 is 11.9 Å². The standard InChI is InChI=1S/C14H20O4/c15-13-9-10-14(16)18-12-8-6-4-2-1-3-5-7-11-17-13/h1-2,9-10H,3-8,11-12H2/b2-1+,10-9-. The van der Waals surface area contributed by atoms with Gasteiger partial charge in [-0.25, -0.2) is 9.59 Å². The van der Waals surface area contributed by atoms with Crippen LogP contribution >= 0.6 is 0 Å². The highest BCUT2D eigenvalue weighted by Gasteiger charge is 2.01. The van der Waals surface area contributed by atoms with E-state index in [-0.39, 0.29) is 0 Å². The van der Waals surface area contributed by atoms with E-state index in [0.29, 0.717) is 13.2 Å². The molecule has 0 aromatic carbocycles. The van der Waals surface area contributed by atoms with Crippen molar-refractivity contribution in [1.82, 2.24) is 0 Å². The van der Waals surface area contributed by atoms with E-state index in [1.54, 1.807) is 0 Å². The van der Waals surface area contributed by atoms with E-state index in [1.807, 2.05) is 0 Å². The fourth-order valence-electron chi connectivity index (χ4n) is 1.54. The minimum atomic E-state index is -0.491. The summed E-state index contributed by atoms with van der Waals surface area (Å²) < 4.78 is 9.87. The number of esters is 2. The van der Waals surface area contributed by atoms with Crippen molar-refractivity contribution in [1.29, 1.82) is 0 Å². The van der Waals surface area contributed by atoms with E-state index in [4.69, 9.17) is 9.47 Å². The monoisotopic (exact) mass is 252 g/mol. The molecule has 0 N–H and O–H groups in total. The van der Waals surface area contributed by atoms with Crippen LogP contribution in [0.25, 0.3) is 0 Å². The maximum absolute atomic E-state index is 11.2.